The highest BCUT2D eigenvalue weighted by Crippen LogP contribution is 2.18. The van der Waals surface area contributed by atoms with Gasteiger partial charge in [0.2, 0.25) is 0 Å². The van der Waals surface area contributed by atoms with Gasteiger partial charge in [-0.25, -0.2) is 9.78 Å². The molecule has 1 fully saturated rings. The fourth-order valence-corrected chi connectivity index (χ4v) is 4.24. The number of hydrogen-bond acceptors (Lipinski definition) is 5. The highest BCUT2D eigenvalue weighted by Gasteiger charge is 2.24. The maximum atomic E-state index is 12.7. The van der Waals surface area contributed by atoms with Crippen LogP contribution in [-0.4, -0.2) is 41.5 Å². The second-order valence-electron chi connectivity index (χ2n) is 9.39. The highest BCUT2D eigenvalue weighted by molar-refractivity contribution is 5.94. The number of carbonyl (C=O) groups excluding carboxylic acids is 2. The lowest BCUT2D eigenvalue weighted by molar-refractivity contribution is 0.0801. The third-order valence-electron chi connectivity index (χ3n) is 6.65. The Morgan fingerprint density at radius 1 is 1.03 bits per heavy atom. The minimum atomic E-state index is -0.277. The monoisotopic (exact) mass is 486 g/mol. The van der Waals surface area contributed by atoms with Crippen LogP contribution in [0.4, 0.5) is 10.6 Å². The first-order chi connectivity index (χ1) is 17.5. The molecule has 0 aliphatic carbocycles. The Hall–Kier alpha value is -3.87. The Morgan fingerprint density at radius 2 is 1.78 bits per heavy atom. The van der Waals surface area contributed by atoms with Crippen LogP contribution in [0.1, 0.15) is 45.5 Å². The Balaban J connectivity index is 1.18. The number of amides is 2. The summed E-state index contributed by atoms with van der Waals surface area (Å²) in [6.07, 6.45) is 3.04. The van der Waals surface area contributed by atoms with Gasteiger partial charge in [-0.15, -0.1) is 0 Å². The third kappa shape index (κ3) is 7.07. The molecule has 2 amide bonds. The third-order valence-corrected chi connectivity index (χ3v) is 6.65. The van der Waals surface area contributed by atoms with Gasteiger partial charge < -0.3 is 20.3 Å². The zero-order valence-corrected chi connectivity index (χ0v) is 21.0. The van der Waals surface area contributed by atoms with E-state index >= 15 is 0 Å². The van der Waals surface area contributed by atoms with E-state index in [1.54, 1.807) is 23.2 Å². The number of hydrogen-bond donors (Lipinski definition) is 2. The predicted molar refractivity (Wildman–Crippen MR) is 141 cm³/mol. The standard InChI is InChI=1S/C29H34N4O3/c1-21-7-9-24(10-8-21)20-36-29(35)33-15-12-23(13-16-33)18-32-28(34)25-11-14-30-27(17-25)31-19-26-6-4-3-5-22(26)2/h3-11,14,17,23H,12-13,15-16,18-20H2,1-2H3,(H,30,31)(H,32,34). The molecule has 3 aromatic rings. The SMILES string of the molecule is Cc1ccc(COC(=O)N2CCC(CNC(=O)c3ccnc(NCc4ccccc4C)c3)CC2)cc1. The van der Waals surface area contributed by atoms with Crippen molar-refractivity contribution in [3.8, 4) is 0 Å². The summed E-state index contributed by atoms with van der Waals surface area (Å²) >= 11 is 0. The van der Waals surface area contributed by atoms with Crippen molar-refractivity contribution in [3.05, 3.63) is 94.7 Å². The van der Waals surface area contributed by atoms with Crippen LogP contribution in [0.15, 0.2) is 66.9 Å². The van der Waals surface area contributed by atoms with E-state index in [-0.39, 0.29) is 18.6 Å². The molecule has 0 saturated carbocycles. The molecule has 7 nitrogen and oxygen atoms in total. The molecule has 0 unspecified atom stereocenters. The largest absolute Gasteiger partial charge is 0.445 e. The van der Waals surface area contributed by atoms with E-state index in [9.17, 15) is 9.59 Å². The maximum absolute atomic E-state index is 12.7. The van der Waals surface area contributed by atoms with E-state index in [4.69, 9.17) is 4.74 Å². The summed E-state index contributed by atoms with van der Waals surface area (Å²) in [5, 5.41) is 6.35. The summed E-state index contributed by atoms with van der Waals surface area (Å²) in [6.45, 7) is 6.89. The van der Waals surface area contributed by atoms with Crippen molar-refractivity contribution < 1.29 is 14.3 Å². The molecule has 7 heteroatoms. The first-order valence-corrected chi connectivity index (χ1v) is 12.5. The number of piperidine rings is 1. The number of likely N-dealkylation sites (tertiary alicyclic amines) is 1. The van der Waals surface area contributed by atoms with Crippen LogP contribution >= 0.6 is 0 Å². The number of carbonyl (C=O) groups is 2. The van der Waals surface area contributed by atoms with Crippen LogP contribution in [0, 0.1) is 19.8 Å². The number of nitrogens with one attached hydrogen (secondary N) is 2. The summed E-state index contributed by atoms with van der Waals surface area (Å²) in [7, 11) is 0. The van der Waals surface area contributed by atoms with Gasteiger partial charge in [-0.1, -0.05) is 54.1 Å². The van der Waals surface area contributed by atoms with Crippen LogP contribution in [0.3, 0.4) is 0 Å². The van der Waals surface area contributed by atoms with Crippen molar-refractivity contribution in [2.45, 2.75) is 39.8 Å². The van der Waals surface area contributed by atoms with Gasteiger partial charge >= 0.3 is 6.09 Å². The normalized spacial score (nSPS) is 13.8. The quantitative estimate of drug-likeness (QED) is 0.463. The Labute approximate surface area is 212 Å². The smallest absolute Gasteiger partial charge is 0.410 e. The fourth-order valence-electron chi connectivity index (χ4n) is 4.24. The number of anilines is 1. The van der Waals surface area contributed by atoms with Gasteiger partial charge in [-0.05, 0) is 61.4 Å². The molecule has 1 aliphatic rings. The average molecular weight is 487 g/mol. The molecule has 0 spiro atoms. The fraction of sp³-hybridized carbons (Fsp3) is 0.345. The topological polar surface area (TPSA) is 83.6 Å². The van der Waals surface area contributed by atoms with Crippen LogP contribution in [0.5, 0.6) is 0 Å². The molecule has 0 atom stereocenters. The second kappa shape index (κ2) is 12.2. The summed E-state index contributed by atoms with van der Waals surface area (Å²) in [4.78, 5) is 31.2. The van der Waals surface area contributed by atoms with Crippen LogP contribution < -0.4 is 10.6 Å². The van der Waals surface area contributed by atoms with Crippen LogP contribution in [0.2, 0.25) is 0 Å². The van der Waals surface area contributed by atoms with E-state index in [1.807, 2.05) is 43.3 Å². The highest BCUT2D eigenvalue weighted by atomic mass is 16.6. The van der Waals surface area contributed by atoms with Crippen molar-refractivity contribution in [1.82, 2.24) is 15.2 Å². The Bertz CT molecular complexity index is 1170. The Kier molecular flexibility index (Phi) is 8.55. The number of benzene rings is 2. The minimum Gasteiger partial charge on any atom is -0.445 e. The van der Waals surface area contributed by atoms with Crippen molar-refractivity contribution >= 4 is 17.8 Å². The van der Waals surface area contributed by atoms with E-state index < -0.39 is 0 Å². The molecule has 188 valence electrons. The molecule has 0 bridgehead atoms. The van der Waals surface area contributed by atoms with Gasteiger partial charge in [0.25, 0.3) is 5.91 Å². The molecule has 2 heterocycles. The van der Waals surface area contributed by atoms with E-state index in [1.165, 1.54) is 16.7 Å². The molecular weight excluding hydrogens is 452 g/mol. The second-order valence-corrected chi connectivity index (χ2v) is 9.39. The maximum Gasteiger partial charge on any atom is 0.410 e. The van der Waals surface area contributed by atoms with E-state index in [2.05, 4.69) is 34.7 Å². The van der Waals surface area contributed by atoms with Gasteiger partial charge in [0.1, 0.15) is 12.4 Å². The summed E-state index contributed by atoms with van der Waals surface area (Å²) in [5.74, 6) is 0.884. The summed E-state index contributed by atoms with van der Waals surface area (Å²) in [5.41, 5.74) is 5.15. The minimum absolute atomic E-state index is 0.115. The number of nitrogens with zero attached hydrogens (tertiary/aromatic N) is 2. The van der Waals surface area contributed by atoms with E-state index in [0.29, 0.717) is 43.5 Å². The lowest BCUT2D eigenvalue weighted by Gasteiger charge is -2.31. The van der Waals surface area contributed by atoms with Crippen molar-refractivity contribution in [1.29, 1.82) is 0 Å². The van der Waals surface area contributed by atoms with Crippen molar-refractivity contribution in [2.75, 3.05) is 25.0 Å². The molecule has 1 aliphatic heterocycles. The van der Waals surface area contributed by atoms with Crippen LogP contribution in [0.25, 0.3) is 0 Å². The molecule has 2 aromatic carbocycles. The number of aromatic nitrogens is 1. The van der Waals surface area contributed by atoms with Crippen LogP contribution in [-0.2, 0) is 17.9 Å². The molecule has 4 rings (SSSR count). The molecule has 0 radical (unpaired) electrons. The van der Waals surface area contributed by atoms with Gasteiger partial charge in [-0.3, -0.25) is 4.79 Å². The summed E-state index contributed by atoms with van der Waals surface area (Å²) < 4.78 is 5.47. The molecular formula is C29H34N4O3. The molecule has 1 saturated heterocycles. The van der Waals surface area contributed by atoms with Gasteiger partial charge in [0.05, 0.1) is 0 Å². The lowest BCUT2D eigenvalue weighted by atomic mass is 9.97. The molecule has 2 N–H and O–H groups in total. The predicted octanol–water partition coefficient (Wildman–Crippen LogP) is 5.09. The summed E-state index contributed by atoms with van der Waals surface area (Å²) in [6, 6.07) is 19.7. The van der Waals surface area contributed by atoms with Crippen molar-refractivity contribution in [2.24, 2.45) is 5.92 Å². The van der Waals surface area contributed by atoms with Gasteiger partial charge in [-0.2, -0.15) is 0 Å². The average Bonchev–Trinajstić information content (AvgIpc) is 2.91. The zero-order chi connectivity index (χ0) is 25.3. The number of aryl methyl sites for hydroxylation is 2. The van der Waals surface area contributed by atoms with E-state index in [0.717, 1.165) is 18.4 Å². The zero-order valence-electron chi connectivity index (χ0n) is 21.0. The van der Waals surface area contributed by atoms with Crippen molar-refractivity contribution in [3.63, 3.8) is 0 Å². The first kappa shape index (κ1) is 25.2. The molecule has 36 heavy (non-hydrogen) atoms. The Morgan fingerprint density at radius 3 is 2.53 bits per heavy atom. The lowest BCUT2D eigenvalue weighted by Crippen LogP contribution is -2.41. The number of ether oxygens (including phenoxy) is 1. The van der Waals surface area contributed by atoms with Gasteiger partial charge in [0.15, 0.2) is 0 Å². The molecule has 1 aromatic heterocycles. The number of pyridine rings is 1. The first-order valence-electron chi connectivity index (χ1n) is 12.5. The number of rotatable bonds is 8. The van der Waals surface area contributed by atoms with Gasteiger partial charge in [0, 0.05) is 37.9 Å².